The van der Waals surface area contributed by atoms with E-state index in [9.17, 15) is 43.2 Å². The molecule has 2 unspecified atom stereocenters. The normalized spacial score (nSPS) is 13.9. The fourth-order valence-electron chi connectivity index (χ4n) is 11.7. The number of aliphatic hydroxyl groups is 1. The van der Waals surface area contributed by atoms with Crippen molar-refractivity contribution in [1.82, 2.24) is 0 Å². The fourth-order valence-corrected chi connectivity index (χ4v) is 13.3. The number of hydrogen-bond donors (Lipinski definition) is 3. The largest absolute Gasteiger partial charge is 0.472 e. The van der Waals surface area contributed by atoms with Gasteiger partial charge in [-0.15, -0.1) is 0 Å². The zero-order valence-electron chi connectivity index (χ0n) is 61.8. The maximum atomic E-state index is 13.1. The number of unbranched alkanes of at least 4 members (excludes halogenated alkanes) is 48. The third kappa shape index (κ3) is 70.3. The van der Waals surface area contributed by atoms with E-state index >= 15 is 0 Å². The molecule has 0 rings (SSSR count). The Bertz CT molecular complexity index is 1820. The van der Waals surface area contributed by atoms with Crippen molar-refractivity contribution in [2.75, 3.05) is 39.6 Å². The number of phosphoric acid groups is 2. The van der Waals surface area contributed by atoms with E-state index in [-0.39, 0.29) is 25.7 Å². The first-order valence-corrected chi connectivity index (χ1v) is 42.6. The molecule has 0 heterocycles. The summed E-state index contributed by atoms with van der Waals surface area (Å²) >= 11 is 0. The number of phosphoric ester groups is 2. The zero-order valence-corrected chi connectivity index (χ0v) is 63.6. The lowest BCUT2D eigenvalue weighted by Gasteiger charge is -2.21. The Balaban J connectivity index is 5.20. The minimum Gasteiger partial charge on any atom is -0.462 e. The Morgan fingerprint density at radius 3 is 0.716 bits per heavy atom. The van der Waals surface area contributed by atoms with Crippen LogP contribution >= 0.6 is 15.6 Å². The van der Waals surface area contributed by atoms with Crippen LogP contribution < -0.4 is 0 Å². The monoisotopic (exact) mass is 1400 g/mol. The maximum Gasteiger partial charge on any atom is 0.472 e. The summed E-state index contributed by atoms with van der Waals surface area (Å²) in [7, 11) is -9.90. The van der Waals surface area contributed by atoms with Crippen LogP contribution in [0.2, 0.25) is 0 Å². The quantitative estimate of drug-likeness (QED) is 0.0222. The van der Waals surface area contributed by atoms with E-state index in [2.05, 4.69) is 34.6 Å². The Hall–Kier alpha value is -1.94. The van der Waals surface area contributed by atoms with Crippen LogP contribution in [-0.2, 0) is 65.4 Å². The fraction of sp³-hybridized carbons (Fsp3) is 0.947. The van der Waals surface area contributed by atoms with E-state index in [1.54, 1.807) is 0 Å². The van der Waals surface area contributed by atoms with E-state index in [4.69, 9.17) is 37.0 Å². The van der Waals surface area contributed by atoms with Crippen LogP contribution in [0.3, 0.4) is 0 Å². The molecule has 0 aromatic heterocycles. The van der Waals surface area contributed by atoms with Gasteiger partial charge in [0.25, 0.3) is 0 Å². The highest BCUT2D eigenvalue weighted by Crippen LogP contribution is 2.45. The Morgan fingerprint density at radius 1 is 0.284 bits per heavy atom. The molecule has 17 nitrogen and oxygen atoms in total. The molecule has 19 heteroatoms. The molecule has 0 aromatic carbocycles. The summed E-state index contributed by atoms with van der Waals surface area (Å²) in [6, 6.07) is 0. The molecule has 0 saturated heterocycles. The standard InChI is InChI=1S/C76H148O17P2/c1-6-9-12-15-18-21-23-25-26-30-33-37-40-45-50-55-60-74(79)87-66-72(93-76(81)62-57-52-47-42-38-34-31-28-27-29-32-35-39-43-48-53-58-69(4)5)68-91-95(84,85)89-64-70(77)63-88-94(82,83)90-67-71(65-86-73(78)59-54-49-44-20-17-14-11-8-3)92-75(80)61-56-51-46-41-36-24-22-19-16-13-10-7-2/h69-72,77H,6-68H2,1-5H3,(H,82,83)(H,84,85)/t70-,71+,72+/m0/s1. The summed E-state index contributed by atoms with van der Waals surface area (Å²) in [6.45, 7) is 7.30. The maximum absolute atomic E-state index is 13.1. The van der Waals surface area contributed by atoms with Crippen LogP contribution in [0.5, 0.6) is 0 Å². The lowest BCUT2D eigenvalue weighted by molar-refractivity contribution is -0.161. The van der Waals surface area contributed by atoms with Crippen LogP contribution in [0.4, 0.5) is 0 Å². The van der Waals surface area contributed by atoms with Crippen molar-refractivity contribution in [3.05, 3.63) is 0 Å². The van der Waals surface area contributed by atoms with Crippen LogP contribution in [0.25, 0.3) is 0 Å². The van der Waals surface area contributed by atoms with Gasteiger partial charge in [0.1, 0.15) is 19.3 Å². The van der Waals surface area contributed by atoms with Gasteiger partial charge in [0.15, 0.2) is 12.2 Å². The predicted octanol–water partition coefficient (Wildman–Crippen LogP) is 22.5. The Kier molecular flexibility index (Phi) is 67.7. The highest BCUT2D eigenvalue weighted by atomic mass is 31.2. The molecule has 3 N–H and O–H groups in total. The number of esters is 4. The molecule has 0 radical (unpaired) electrons. The summed E-state index contributed by atoms with van der Waals surface area (Å²) in [6.07, 6.45) is 58.3. The van der Waals surface area contributed by atoms with Gasteiger partial charge in [-0.2, -0.15) is 0 Å². The van der Waals surface area contributed by atoms with Crippen molar-refractivity contribution in [1.29, 1.82) is 0 Å². The van der Waals surface area contributed by atoms with E-state index < -0.39 is 97.5 Å². The summed E-state index contributed by atoms with van der Waals surface area (Å²) in [5.74, 6) is -1.31. The zero-order chi connectivity index (χ0) is 69.8. The van der Waals surface area contributed by atoms with Gasteiger partial charge in [-0.05, 0) is 31.6 Å². The smallest absolute Gasteiger partial charge is 0.462 e. The minimum absolute atomic E-state index is 0.107. The number of aliphatic hydroxyl groups excluding tert-OH is 1. The van der Waals surface area contributed by atoms with Crippen molar-refractivity contribution < 1.29 is 80.2 Å². The molecule has 0 aromatic rings. The molecule has 95 heavy (non-hydrogen) atoms. The lowest BCUT2D eigenvalue weighted by Crippen LogP contribution is -2.30. The topological polar surface area (TPSA) is 237 Å². The number of hydrogen-bond acceptors (Lipinski definition) is 15. The molecule has 0 aliphatic heterocycles. The summed E-state index contributed by atoms with van der Waals surface area (Å²) in [5, 5.41) is 10.6. The summed E-state index contributed by atoms with van der Waals surface area (Å²) in [5.41, 5.74) is 0. The third-order valence-corrected chi connectivity index (χ3v) is 19.7. The molecule has 0 amide bonds. The van der Waals surface area contributed by atoms with E-state index in [1.165, 1.54) is 218 Å². The van der Waals surface area contributed by atoms with Crippen molar-refractivity contribution in [2.45, 2.75) is 419 Å². The molecule has 0 fully saturated rings. The van der Waals surface area contributed by atoms with Crippen LogP contribution in [-0.4, -0.2) is 96.7 Å². The number of ether oxygens (including phenoxy) is 4. The Labute approximate surface area is 581 Å². The van der Waals surface area contributed by atoms with Gasteiger partial charge in [-0.1, -0.05) is 349 Å². The summed E-state index contributed by atoms with van der Waals surface area (Å²) < 4.78 is 68.5. The second kappa shape index (κ2) is 69.2. The Morgan fingerprint density at radius 2 is 0.484 bits per heavy atom. The number of carbonyl (C=O) groups excluding carboxylic acids is 4. The lowest BCUT2D eigenvalue weighted by atomic mass is 10.0. The highest BCUT2D eigenvalue weighted by Gasteiger charge is 2.30. The molecule has 0 saturated carbocycles. The first-order chi connectivity index (χ1) is 46.0. The highest BCUT2D eigenvalue weighted by molar-refractivity contribution is 7.47. The van der Waals surface area contributed by atoms with Gasteiger partial charge in [-0.25, -0.2) is 9.13 Å². The molecule has 0 aliphatic rings. The third-order valence-electron chi connectivity index (χ3n) is 17.8. The average molecular weight is 1400 g/mol. The molecule has 0 aliphatic carbocycles. The predicted molar refractivity (Wildman–Crippen MR) is 386 cm³/mol. The minimum atomic E-state index is -4.96. The van der Waals surface area contributed by atoms with Gasteiger partial charge in [0, 0.05) is 25.7 Å². The van der Waals surface area contributed by atoms with Crippen LogP contribution in [0.1, 0.15) is 401 Å². The molecular formula is C76H148O17P2. The van der Waals surface area contributed by atoms with E-state index in [1.807, 2.05) is 0 Å². The average Bonchev–Trinajstić information content (AvgIpc) is 1.39. The van der Waals surface area contributed by atoms with Gasteiger partial charge >= 0.3 is 39.5 Å². The first-order valence-electron chi connectivity index (χ1n) is 39.6. The van der Waals surface area contributed by atoms with Crippen molar-refractivity contribution in [3.8, 4) is 0 Å². The van der Waals surface area contributed by atoms with E-state index in [0.717, 1.165) is 102 Å². The molecule has 0 bridgehead atoms. The molecule has 0 spiro atoms. The number of carbonyl (C=O) groups is 4. The molecule has 5 atom stereocenters. The first kappa shape index (κ1) is 93.1. The van der Waals surface area contributed by atoms with E-state index in [0.29, 0.717) is 25.7 Å². The van der Waals surface area contributed by atoms with Gasteiger partial charge in [0.2, 0.25) is 0 Å². The second-order valence-electron chi connectivity index (χ2n) is 27.9. The molecule has 564 valence electrons. The van der Waals surface area contributed by atoms with Crippen LogP contribution in [0, 0.1) is 5.92 Å². The number of rotatable bonds is 76. The van der Waals surface area contributed by atoms with Crippen molar-refractivity contribution >= 4 is 39.5 Å². The van der Waals surface area contributed by atoms with Gasteiger partial charge in [0.05, 0.1) is 26.4 Å². The second-order valence-corrected chi connectivity index (χ2v) is 30.8. The van der Waals surface area contributed by atoms with Crippen molar-refractivity contribution in [2.24, 2.45) is 5.92 Å². The van der Waals surface area contributed by atoms with Gasteiger partial charge in [-0.3, -0.25) is 37.3 Å². The van der Waals surface area contributed by atoms with Crippen LogP contribution in [0.15, 0.2) is 0 Å². The summed E-state index contributed by atoms with van der Waals surface area (Å²) in [4.78, 5) is 72.7. The van der Waals surface area contributed by atoms with Crippen molar-refractivity contribution in [3.63, 3.8) is 0 Å². The molecular weight excluding hydrogens is 1250 g/mol. The van der Waals surface area contributed by atoms with Gasteiger partial charge < -0.3 is 33.8 Å². The SMILES string of the molecule is CCCCCCCCCCCCCCCCCCC(=O)OC[C@H](COP(=O)(O)OC[C@@H](O)COP(=O)(O)OC[C@@H](COC(=O)CCCCCCCCCC)OC(=O)CCCCCCCCCCCCCC)OC(=O)CCCCCCCCCCCCCCCCCCC(C)C.